The van der Waals surface area contributed by atoms with Crippen molar-refractivity contribution in [2.24, 2.45) is 0 Å². The average Bonchev–Trinajstić information content (AvgIpc) is 2.78. The molecule has 5 heteroatoms. The van der Waals surface area contributed by atoms with E-state index in [2.05, 4.69) is 15.4 Å². The van der Waals surface area contributed by atoms with Crippen LogP contribution < -0.4 is 5.32 Å². The van der Waals surface area contributed by atoms with Crippen LogP contribution in [-0.4, -0.2) is 27.6 Å². The van der Waals surface area contributed by atoms with Gasteiger partial charge in [0.2, 0.25) is 0 Å². The van der Waals surface area contributed by atoms with E-state index in [1.807, 2.05) is 0 Å². The van der Waals surface area contributed by atoms with Crippen LogP contribution in [0.5, 0.6) is 0 Å². The lowest BCUT2D eigenvalue weighted by Crippen LogP contribution is -2.27. The third kappa shape index (κ3) is 1.70. The summed E-state index contributed by atoms with van der Waals surface area (Å²) in [6.07, 6.45) is 3.02. The Labute approximate surface area is 104 Å². The number of aromatic nitrogens is 3. The van der Waals surface area contributed by atoms with Gasteiger partial charge in [-0.15, -0.1) is 0 Å². The van der Waals surface area contributed by atoms with Gasteiger partial charge < -0.3 is 5.32 Å². The van der Waals surface area contributed by atoms with Crippen LogP contribution in [0.1, 0.15) is 35.4 Å². The third-order valence-electron chi connectivity index (χ3n) is 3.11. The molecule has 0 spiro atoms. The highest BCUT2D eigenvalue weighted by Gasteiger charge is 2.21. The first-order chi connectivity index (χ1) is 9.69. The minimum atomic E-state index is -1.84. The molecular weight excluding hydrogens is 219 g/mol. The Balaban J connectivity index is 2.09. The Morgan fingerprint density at radius 2 is 2.29 bits per heavy atom. The second-order valence-corrected chi connectivity index (χ2v) is 4.14. The number of nitrogens with zero attached hydrogens (tertiary/aromatic N) is 3. The van der Waals surface area contributed by atoms with E-state index in [0.717, 1.165) is 0 Å². The van der Waals surface area contributed by atoms with Crippen molar-refractivity contribution in [1.82, 2.24) is 19.9 Å². The molecule has 1 aliphatic rings. The summed E-state index contributed by atoms with van der Waals surface area (Å²) in [5.41, 5.74) is 1.06. The minimum absolute atomic E-state index is 0.0764. The number of halogens is 1. The minimum Gasteiger partial charge on any atom is -0.317 e. The largest absolute Gasteiger partial charge is 0.317 e. The van der Waals surface area contributed by atoms with Crippen molar-refractivity contribution < 1.29 is 9.87 Å². The molecular formula is C12H15FN4. The molecule has 0 unspecified atom stereocenters. The number of nitrogens with one attached hydrogen (secondary N) is 1. The highest BCUT2D eigenvalue weighted by molar-refractivity contribution is 5.45. The van der Waals surface area contributed by atoms with Crippen molar-refractivity contribution in [3.05, 3.63) is 29.5 Å². The van der Waals surface area contributed by atoms with Gasteiger partial charge in [0.15, 0.2) is 11.5 Å². The molecule has 4 nitrogen and oxygen atoms in total. The van der Waals surface area contributed by atoms with Crippen LogP contribution in [0.2, 0.25) is 0 Å². The Morgan fingerprint density at radius 3 is 3.06 bits per heavy atom. The van der Waals surface area contributed by atoms with Crippen molar-refractivity contribution in [3.8, 4) is 0 Å². The fourth-order valence-corrected chi connectivity index (χ4v) is 2.14. The highest BCUT2D eigenvalue weighted by Crippen LogP contribution is 2.29. The van der Waals surface area contributed by atoms with Gasteiger partial charge >= 0.3 is 0 Å². The van der Waals surface area contributed by atoms with Crippen LogP contribution in [0.4, 0.5) is 4.39 Å². The molecule has 0 radical (unpaired) electrons. The molecule has 1 N–H and O–H groups in total. The zero-order valence-corrected chi connectivity index (χ0v) is 9.37. The standard InChI is InChI=1S/C12H15FN4/c1-8-10(9-2-4-14-5-3-9)6-17-12(11(8)13)15-7-16-17/h6-7,9,14H,2-5H2,1H3/i4D2,5D2. The van der Waals surface area contributed by atoms with Gasteiger partial charge in [0.1, 0.15) is 6.33 Å². The van der Waals surface area contributed by atoms with E-state index >= 15 is 0 Å². The lowest BCUT2D eigenvalue weighted by atomic mass is 9.88. The number of fused-ring (bicyclic) bond motifs is 1. The summed E-state index contributed by atoms with van der Waals surface area (Å²) in [5, 5.41) is 6.25. The lowest BCUT2D eigenvalue weighted by molar-refractivity contribution is 0.455. The fourth-order valence-electron chi connectivity index (χ4n) is 2.14. The van der Waals surface area contributed by atoms with E-state index in [9.17, 15) is 4.39 Å². The molecule has 0 saturated carbocycles. The Hall–Kier alpha value is -1.49. The van der Waals surface area contributed by atoms with Crippen LogP contribution in [0.3, 0.4) is 0 Å². The zero-order chi connectivity index (χ0) is 15.4. The highest BCUT2D eigenvalue weighted by atomic mass is 19.1. The zero-order valence-electron chi connectivity index (χ0n) is 13.4. The van der Waals surface area contributed by atoms with E-state index in [0.29, 0.717) is 11.1 Å². The Bertz CT molecular complexity index is 684. The molecule has 3 rings (SSSR count). The van der Waals surface area contributed by atoms with Gasteiger partial charge in [0, 0.05) is 11.7 Å². The third-order valence-corrected chi connectivity index (χ3v) is 3.11. The Morgan fingerprint density at radius 1 is 1.53 bits per heavy atom. The molecule has 1 fully saturated rings. The first kappa shape index (κ1) is 7.06. The van der Waals surface area contributed by atoms with Crippen molar-refractivity contribution in [1.29, 1.82) is 0 Å². The molecule has 0 atom stereocenters. The van der Waals surface area contributed by atoms with Gasteiger partial charge in [-0.3, -0.25) is 0 Å². The molecule has 0 aliphatic carbocycles. The molecule has 90 valence electrons. The SMILES string of the molecule is [2H]C1([2H])CC(c2cn3ncnc3c(F)c2C)CC([2H])([2H])N1. The number of hydrogen-bond donors (Lipinski definition) is 1. The predicted molar refractivity (Wildman–Crippen MR) is 62.5 cm³/mol. The van der Waals surface area contributed by atoms with E-state index in [-0.39, 0.29) is 18.5 Å². The molecule has 2 aromatic rings. The maximum Gasteiger partial charge on any atom is 0.191 e. The maximum atomic E-state index is 14.3. The number of piperidine rings is 1. The van der Waals surface area contributed by atoms with Crippen molar-refractivity contribution >= 4 is 5.65 Å². The molecule has 1 aliphatic heterocycles. The smallest absolute Gasteiger partial charge is 0.191 e. The molecule has 0 aromatic carbocycles. The van der Waals surface area contributed by atoms with Gasteiger partial charge in [0.25, 0.3) is 0 Å². The summed E-state index contributed by atoms with van der Waals surface area (Å²) in [4.78, 5) is 3.84. The van der Waals surface area contributed by atoms with E-state index in [1.165, 1.54) is 10.8 Å². The summed E-state index contributed by atoms with van der Waals surface area (Å²) in [5.74, 6) is -0.927. The van der Waals surface area contributed by atoms with Crippen molar-refractivity contribution in [3.63, 3.8) is 0 Å². The van der Waals surface area contributed by atoms with Gasteiger partial charge in [-0.25, -0.2) is 13.9 Å². The summed E-state index contributed by atoms with van der Waals surface area (Å²) in [6, 6.07) is 0. The predicted octanol–water partition coefficient (Wildman–Crippen LogP) is 1.64. The topological polar surface area (TPSA) is 42.2 Å². The van der Waals surface area contributed by atoms with Gasteiger partial charge in [-0.05, 0) is 49.8 Å². The molecule has 17 heavy (non-hydrogen) atoms. The molecule has 0 bridgehead atoms. The van der Waals surface area contributed by atoms with E-state index in [4.69, 9.17) is 5.48 Å². The first-order valence-corrected chi connectivity index (χ1v) is 5.46. The van der Waals surface area contributed by atoms with Crippen LogP contribution in [0.25, 0.3) is 5.65 Å². The second-order valence-electron chi connectivity index (χ2n) is 4.14. The molecule has 0 amide bonds. The summed E-state index contributed by atoms with van der Waals surface area (Å²) in [6.45, 7) is -2.08. The Kier molecular flexibility index (Phi) is 1.69. The maximum absolute atomic E-state index is 14.3. The van der Waals surface area contributed by atoms with Crippen LogP contribution >= 0.6 is 0 Å². The van der Waals surface area contributed by atoms with Gasteiger partial charge in [0.05, 0.1) is 0 Å². The average molecular weight is 238 g/mol. The molecule has 3 heterocycles. The van der Waals surface area contributed by atoms with Crippen LogP contribution in [0, 0.1) is 12.7 Å². The number of rotatable bonds is 1. The van der Waals surface area contributed by atoms with Gasteiger partial charge in [-0.2, -0.15) is 5.10 Å². The second kappa shape index (κ2) is 4.07. The molecule has 2 aromatic heterocycles. The van der Waals surface area contributed by atoms with Crippen molar-refractivity contribution in [2.75, 3.05) is 13.0 Å². The first-order valence-electron chi connectivity index (χ1n) is 7.46. The van der Waals surface area contributed by atoms with E-state index in [1.54, 1.807) is 13.1 Å². The molecule has 1 saturated heterocycles. The quantitative estimate of drug-likeness (QED) is 0.821. The van der Waals surface area contributed by atoms with Crippen molar-refractivity contribution in [2.45, 2.75) is 25.7 Å². The lowest BCUT2D eigenvalue weighted by Gasteiger charge is -2.24. The van der Waals surface area contributed by atoms with E-state index < -0.39 is 24.7 Å². The fraction of sp³-hybridized carbons (Fsp3) is 0.500. The van der Waals surface area contributed by atoms with Gasteiger partial charge in [-0.1, -0.05) is 0 Å². The summed E-state index contributed by atoms with van der Waals surface area (Å²) >= 11 is 0. The van der Waals surface area contributed by atoms with Crippen LogP contribution in [0.15, 0.2) is 12.5 Å². The monoisotopic (exact) mass is 238 g/mol. The summed E-state index contributed by atoms with van der Waals surface area (Å²) in [7, 11) is 0. The summed E-state index contributed by atoms with van der Waals surface area (Å²) < 4.78 is 46.8. The number of hydrogen-bond acceptors (Lipinski definition) is 3. The number of pyridine rings is 1. The van der Waals surface area contributed by atoms with Crippen LogP contribution in [-0.2, 0) is 0 Å². The normalized spacial score (nSPS) is 27.2.